The van der Waals surface area contributed by atoms with Crippen LogP contribution in [0.5, 0.6) is 5.75 Å². The summed E-state index contributed by atoms with van der Waals surface area (Å²) in [5.74, 6) is 0.944. The molecule has 0 saturated heterocycles. The quantitative estimate of drug-likeness (QED) is 0.767. The molecule has 0 spiro atoms. The van der Waals surface area contributed by atoms with Crippen LogP contribution in [-0.2, 0) is 6.42 Å². The Morgan fingerprint density at radius 1 is 1.47 bits per heavy atom. The van der Waals surface area contributed by atoms with Gasteiger partial charge in [0.2, 0.25) is 0 Å². The van der Waals surface area contributed by atoms with Crippen LogP contribution in [-0.4, -0.2) is 25.2 Å². The van der Waals surface area contributed by atoms with Crippen LogP contribution < -0.4 is 10.1 Å². The van der Waals surface area contributed by atoms with E-state index in [2.05, 4.69) is 37.7 Å². The molecule has 1 aromatic rings. The van der Waals surface area contributed by atoms with Crippen molar-refractivity contribution in [2.45, 2.75) is 34.1 Å². The maximum Gasteiger partial charge on any atom is 0.128 e. The second kappa shape index (κ2) is 6.71. The first kappa shape index (κ1) is 15.7. The van der Waals surface area contributed by atoms with Crippen LogP contribution in [0.3, 0.4) is 0 Å². The summed E-state index contributed by atoms with van der Waals surface area (Å²) in [4.78, 5) is 4.57. The number of aryl methyl sites for hydroxylation is 1. The summed E-state index contributed by atoms with van der Waals surface area (Å²) in [6.07, 6.45) is 4.77. The Hall–Kier alpha value is -1.35. The van der Waals surface area contributed by atoms with E-state index < -0.39 is 0 Å². The van der Waals surface area contributed by atoms with E-state index in [9.17, 15) is 0 Å². The normalized spacial score (nSPS) is 13.9. The van der Waals surface area contributed by atoms with Crippen molar-refractivity contribution < 1.29 is 4.74 Å². The fraction of sp³-hybridized carbons (Fsp3) is 0.562. The number of hydrogen-bond acceptors (Lipinski definition) is 3. The summed E-state index contributed by atoms with van der Waals surface area (Å²) in [6, 6.07) is 0. The largest absolute Gasteiger partial charge is 0.496 e. The molecule has 1 heterocycles. The minimum absolute atomic E-state index is 0.00798. The molecule has 0 aliphatic carbocycles. The molecule has 19 heavy (non-hydrogen) atoms. The van der Waals surface area contributed by atoms with Gasteiger partial charge in [-0.2, -0.15) is 0 Å². The summed E-state index contributed by atoms with van der Waals surface area (Å²) < 4.78 is 5.46. The molecule has 1 aromatic heterocycles. The minimum atomic E-state index is 0.00798. The number of rotatable bonds is 7. The third kappa shape index (κ3) is 3.80. The number of nitrogens with one attached hydrogen (secondary N) is 1. The molecule has 106 valence electrons. The zero-order chi connectivity index (χ0) is 14.5. The van der Waals surface area contributed by atoms with Crippen LogP contribution in [0, 0.1) is 19.3 Å². The SMILES string of the molecule is C=CC(C)(CNCC)Cc1ncc(C)c(OC)c1C. The average Bonchev–Trinajstić information content (AvgIpc) is 2.40. The van der Waals surface area contributed by atoms with E-state index in [1.807, 2.05) is 19.2 Å². The Balaban J connectivity index is 3.01. The topological polar surface area (TPSA) is 34.2 Å². The third-order valence-corrected chi connectivity index (χ3v) is 3.59. The van der Waals surface area contributed by atoms with Crippen molar-refractivity contribution in [1.82, 2.24) is 10.3 Å². The van der Waals surface area contributed by atoms with E-state index in [-0.39, 0.29) is 5.41 Å². The van der Waals surface area contributed by atoms with Gasteiger partial charge in [-0.1, -0.05) is 19.9 Å². The lowest BCUT2D eigenvalue weighted by atomic mass is 9.84. The Kier molecular flexibility index (Phi) is 5.55. The number of nitrogens with zero attached hydrogens (tertiary/aromatic N) is 1. The van der Waals surface area contributed by atoms with Crippen LogP contribution in [0.1, 0.15) is 30.7 Å². The summed E-state index contributed by atoms with van der Waals surface area (Å²) in [6.45, 7) is 14.3. The highest BCUT2D eigenvalue weighted by Gasteiger charge is 2.23. The number of ether oxygens (including phenoxy) is 1. The Morgan fingerprint density at radius 3 is 2.68 bits per heavy atom. The zero-order valence-corrected chi connectivity index (χ0v) is 12.8. The van der Waals surface area contributed by atoms with Crippen molar-refractivity contribution in [3.63, 3.8) is 0 Å². The fourth-order valence-electron chi connectivity index (χ4n) is 2.25. The molecule has 0 radical (unpaired) electrons. The Bertz CT molecular complexity index is 443. The Labute approximate surface area is 117 Å². The molecule has 0 saturated carbocycles. The molecule has 1 rings (SSSR count). The van der Waals surface area contributed by atoms with Crippen molar-refractivity contribution in [3.05, 3.63) is 35.7 Å². The molecule has 0 aromatic carbocycles. The lowest BCUT2D eigenvalue weighted by Gasteiger charge is -2.27. The summed E-state index contributed by atoms with van der Waals surface area (Å²) in [7, 11) is 1.71. The van der Waals surface area contributed by atoms with Gasteiger partial charge in [-0.15, -0.1) is 6.58 Å². The highest BCUT2D eigenvalue weighted by Crippen LogP contribution is 2.29. The van der Waals surface area contributed by atoms with Crippen molar-refractivity contribution in [2.75, 3.05) is 20.2 Å². The number of hydrogen-bond donors (Lipinski definition) is 1. The molecular formula is C16H26N2O. The van der Waals surface area contributed by atoms with Gasteiger partial charge in [-0.05, 0) is 20.4 Å². The molecular weight excluding hydrogens is 236 g/mol. The van der Waals surface area contributed by atoms with E-state index in [1.54, 1.807) is 7.11 Å². The maximum absolute atomic E-state index is 5.46. The first-order chi connectivity index (χ1) is 8.97. The van der Waals surface area contributed by atoms with Crippen LogP contribution in [0.25, 0.3) is 0 Å². The van der Waals surface area contributed by atoms with E-state index in [4.69, 9.17) is 4.74 Å². The predicted molar refractivity (Wildman–Crippen MR) is 80.8 cm³/mol. The van der Waals surface area contributed by atoms with Gasteiger partial charge in [0.25, 0.3) is 0 Å². The third-order valence-electron chi connectivity index (χ3n) is 3.59. The van der Waals surface area contributed by atoms with Crippen LogP contribution in [0.4, 0.5) is 0 Å². The fourth-order valence-corrected chi connectivity index (χ4v) is 2.25. The molecule has 0 amide bonds. The van der Waals surface area contributed by atoms with Gasteiger partial charge in [0.05, 0.1) is 7.11 Å². The zero-order valence-electron chi connectivity index (χ0n) is 12.8. The first-order valence-corrected chi connectivity index (χ1v) is 6.80. The summed E-state index contributed by atoms with van der Waals surface area (Å²) in [5, 5.41) is 3.39. The van der Waals surface area contributed by atoms with Gasteiger partial charge < -0.3 is 10.1 Å². The summed E-state index contributed by atoms with van der Waals surface area (Å²) in [5.41, 5.74) is 3.30. The molecule has 3 nitrogen and oxygen atoms in total. The summed E-state index contributed by atoms with van der Waals surface area (Å²) >= 11 is 0. The molecule has 1 unspecified atom stereocenters. The predicted octanol–water partition coefficient (Wildman–Crippen LogP) is 3.05. The molecule has 1 N–H and O–H groups in total. The van der Waals surface area contributed by atoms with E-state index >= 15 is 0 Å². The van der Waals surface area contributed by atoms with Gasteiger partial charge in [0.1, 0.15) is 5.75 Å². The number of pyridine rings is 1. The molecule has 0 fully saturated rings. The second-order valence-electron chi connectivity index (χ2n) is 5.36. The first-order valence-electron chi connectivity index (χ1n) is 6.80. The minimum Gasteiger partial charge on any atom is -0.496 e. The van der Waals surface area contributed by atoms with Gasteiger partial charge in [-0.3, -0.25) is 4.98 Å². The molecule has 1 atom stereocenters. The monoisotopic (exact) mass is 262 g/mol. The molecule has 0 bridgehead atoms. The maximum atomic E-state index is 5.46. The Morgan fingerprint density at radius 2 is 2.16 bits per heavy atom. The van der Waals surface area contributed by atoms with Crippen LogP contribution in [0.2, 0.25) is 0 Å². The van der Waals surface area contributed by atoms with E-state index in [1.165, 1.54) is 0 Å². The molecule has 3 heteroatoms. The van der Waals surface area contributed by atoms with Crippen LogP contribution >= 0.6 is 0 Å². The highest BCUT2D eigenvalue weighted by molar-refractivity contribution is 5.41. The number of aromatic nitrogens is 1. The van der Waals surface area contributed by atoms with Gasteiger partial charge >= 0.3 is 0 Å². The lowest BCUT2D eigenvalue weighted by Crippen LogP contribution is -2.32. The van der Waals surface area contributed by atoms with Gasteiger partial charge in [0, 0.05) is 41.4 Å². The average molecular weight is 262 g/mol. The van der Waals surface area contributed by atoms with Crippen molar-refractivity contribution in [2.24, 2.45) is 5.41 Å². The van der Waals surface area contributed by atoms with Gasteiger partial charge in [0.15, 0.2) is 0 Å². The molecule has 0 aliphatic heterocycles. The van der Waals surface area contributed by atoms with Crippen LogP contribution in [0.15, 0.2) is 18.9 Å². The smallest absolute Gasteiger partial charge is 0.128 e. The standard InChI is InChI=1S/C16H26N2O/c1-7-16(5,11-17-8-2)9-14-13(4)15(19-6)12(3)10-18-14/h7,10,17H,1,8-9,11H2,2-6H3. The van der Waals surface area contributed by atoms with Gasteiger partial charge in [-0.25, -0.2) is 0 Å². The second-order valence-corrected chi connectivity index (χ2v) is 5.36. The van der Waals surface area contributed by atoms with E-state index in [0.29, 0.717) is 0 Å². The van der Waals surface area contributed by atoms with Crippen molar-refractivity contribution in [1.29, 1.82) is 0 Å². The number of methoxy groups -OCH3 is 1. The van der Waals surface area contributed by atoms with Crippen molar-refractivity contribution in [3.8, 4) is 5.75 Å². The lowest BCUT2D eigenvalue weighted by molar-refractivity contribution is 0.384. The van der Waals surface area contributed by atoms with Crippen molar-refractivity contribution >= 4 is 0 Å². The molecule has 0 aliphatic rings. The highest BCUT2D eigenvalue weighted by atomic mass is 16.5. The van der Waals surface area contributed by atoms with E-state index in [0.717, 1.165) is 42.1 Å².